The number of nitrogens with one attached hydrogen (secondary N) is 2. The van der Waals surface area contributed by atoms with E-state index in [2.05, 4.69) is 40.7 Å². The molecule has 0 aromatic heterocycles. The van der Waals surface area contributed by atoms with Crippen LogP contribution in [0.15, 0.2) is 35.3 Å². The van der Waals surface area contributed by atoms with Crippen molar-refractivity contribution in [2.75, 3.05) is 41.6 Å². The Bertz CT molecular complexity index is 926. The minimum Gasteiger partial charge on any atom is -0.493 e. The van der Waals surface area contributed by atoms with E-state index in [1.807, 2.05) is 12.1 Å². The number of guanidine groups is 1. The van der Waals surface area contributed by atoms with Gasteiger partial charge in [0.15, 0.2) is 17.5 Å². The average Bonchev–Trinajstić information content (AvgIpc) is 3.32. The number of rotatable bonds is 9. The van der Waals surface area contributed by atoms with Gasteiger partial charge in [0.25, 0.3) is 0 Å². The van der Waals surface area contributed by atoms with Crippen LogP contribution in [0, 0.1) is 6.92 Å². The van der Waals surface area contributed by atoms with Crippen molar-refractivity contribution in [1.29, 1.82) is 0 Å². The summed E-state index contributed by atoms with van der Waals surface area (Å²) in [6.45, 7) is 4.52. The van der Waals surface area contributed by atoms with Gasteiger partial charge >= 0.3 is 0 Å². The molecule has 0 saturated carbocycles. The first-order valence-electron chi connectivity index (χ1n) is 10.7. The fourth-order valence-electron chi connectivity index (χ4n) is 3.58. The van der Waals surface area contributed by atoms with Gasteiger partial charge in [-0.2, -0.15) is 0 Å². The molecule has 174 valence electrons. The van der Waals surface area contributed by atoms with E-state index < -0.39 is 0 Å². The van der Waals surface area contributed by atoms with E-state index in [0.717, 1.165) is 35.5 Å². The normalized spacial score (nSPS) is 15.9. The Labute approximate surface area is 189 Å². The zero-order valence-corrected chi connectivity index (χ0v) is 19.5. The van der Waals surface area contributed by atoms with Crippen molar-refractivity contribution in [3.05, 3.63) is 47.0 Å². The molecular weight excluding hydrogens is 410 g/mol. The van der Waals surface area contributed by atoms with E-state index in [9.17, 15) is 0 Å². The lowest BCUT2D eigenvalue weighted by Crippen LogP contribution is -2.36. The Morgan fingerprint density at radius 2 is 1.69 bits per heavy atom. The highest BCUT2D eigenvalue weighted by Gasteiger charge is 2.19. The predicted octanol–water partition coefficient (Wildman–Crippen LogP) is 3.05. The molecule has 0 aliphatic carbocycles. The zero-order valence-electron chi connectivity index (χ0n) is 19.5. The number of aryl methyl sites for hydroxylation is 1. The largest absolute Gasteiger partial charge is 0.493 e. The number of hydrogen-bond acceptors (Lipinski definition) is 6. The maximum absolute atomic E-state index is 6.19. The summed E-state index contributed by atoms with van der Waals surface area (Å²) in [5.74, 6) is 3.36. The molecule has 8 heteroatoms. The Kier molecular flexibility index (Phi) is 8.44. The van der Waals surface area contributed by atoms with E-state index in [1.54, 1.807) is 28.4 Å². The molecule has 0 spiro atoms. The van der Waals surface area contributed by atoms with Gasteiger partial charge in [0.2, 0.25) is 5.75 Å². The summed E-state index contributed by atoms with van der Waals surface area (Å²) < 4.78 is 28.0. The molecule has 1 fully saturated rings. The van der Waals surface area contributed by atoms with Gasteiger partial charge in [0, 0.05) is 37.7 Å². The van der Waals surface area contributed by atoms with Gasteiger partial charge in [-0.1, -0.05) is 12.1 Å². The average molecular weight is 444 g/mol. The van der Waals surface area contributed by atoms with Gasteiger partial charge in [-0.3, -0.25) is 4.99 Å². The number of benzene rings is 2. The van der Waals surface area contributed by atoms with Gasteiger partial charge in [-0.15, -0.1) is 0 Å². The first-order valence-corrected chi connectivity index (χ1v) is 10.7. The van der Waals surface area contributed by atoms with Gasteiger partial charge in [-0.05, 0) is 30.7 Å². The van der Waals surface area contributed by atoms with Crippen LogP contribution >= 0.6 is 0 Å². The minimum absolute atomic E-state index is 0.102. The molecule has 32 heavy (non-hydrogen) atoms. The van der Waals surface area contributed by atoms with Crippen LogP contribution in [0.3, 0.4) is 0 Å². The van der Waals surface area contributed by atoms with Crippen LogP contribution in [-0.2, 0) is 17.8 Å². The lowest BCUT2D eigenvalue weighted by Gasteiger charge is -2.19. The summed E-state index contributed by atoms with van der Waals surface area (Å²) in [4.78, 5) is 4.34. The monoisotopic (exact) mass is 443 g/mol. The summed E-state index contributed by atoms with van der Waals surface area (Å²) in [5.41, 5.74) is 3.15. The van der Waals surface area contributed by atoms with Crippen LogP contribution < -0.4 is 29.6 Å². The summed E-state index contributed by atoms with van der Waals surface area (Å²) in [5, 5.41) is 6.69. The van der Waals surface area contributed by atoms with Gasteiger partial charge in [0.05, 0.1) is 34.5 Å². The Balaban J connectivity index is 1.65. The Morgan fingerprint density at radius 1 is 0.969 bits per heavy atom. The van der Waals surface area contributed by atoms with Crippen LogP contribution in [0.1, 0.15) is 23.1 Å². The maximum Gasteiger partial charge on any atom is 0.203 e. The molecule has 1 aliphatic rings. The highest BCUT2D eigenvalue weighted by Crippen LogP contribution is 2.39. The lowest BCUT2D eigenvalue weighted by molar-refractivity contribution is 0.140. The quantitative estimate of drug-likeness (QED) is 0.455. The third-order valence-electron chi connectivity index (χ3n) is 5.31. The molecule has 3 rings (SSSR count). The third kappa shape index (κ3) is 5.76. The molecule has 1 saturated heterocycles. The molecular formula is C24H33N3O5. The van der Waals surface area contributed by atoms with Crippen molar-refractivity contribution in [3.63, 3.8) is 0 Å². The second kappa shape index (κ2) is 11.5. The molecule has 2 aromatic carbocycles. The molecule has 0 bridgehead atoms. The predicted molar refractivity (Wildman–Crippen MR) is 124 cm³/mol. The number of aliphatic imine (C=N–C) groups is 1. The summed E-state index contributed by atoms with van der Waals surface area (Å²) in [6.07, 6.45) is 1.02. The van der Waals surface area contributed by atoms with Gasteiger partial charge in [0.1, 0.15) is 11.9 Å². The SMILES string of the molecule is CN=C(NCc1ccc(C)cc1OC1CCOC1)NCc1ccc(OC)c(OC)c1OC. The fourth-order valence-corrected chi connectivity index (χ4v) is 3.58. The first-order chi connectivity index (χ1) is 15.6. The Hall–Kier alpha value is -3.13. The van der Waals surface area contributed by atoms with E-state index >= 15 is 0 Å². The molecule has 1 atom stereocenters. The molecule has 1 heterocycles. The summed E-state index contributed by atoms with van der Waals surface area (Å²) >= 11 is 0. The van der Waals surface area contributed by atoms with Gasteiger partial charge < -0.3 is 34.3 Å². The highest BCUT2D eigenvalue weighted by molar-refractivity contribution is 5.79. The smallest absolute Gasteiger partial charge is 0.203 e. The van der Waals surface area contributed by atoms with Crippen LogP contribution in [0.4, 0.5) is 0 Å². The highest BCUT2D eigenvalue weighted by atomic mass is 16.5. The van der Waals surface area contributed by atoms with Crippen molar-refractivity contribution in [2.24, 2.45) is 4.99 Å². The van der Waals surface area contributed by atoms with Gasteiger partial charge in [-0.25, -0.2) is 0 Å². The summed E-state index contributed by atoms with van der Waals surface area (Å²) in [7, 11) is 6.55. The fraction of sp³-hybridized carbons (Fsp3) is 0.458. The maximum atomic E-state index is 6.19. The van der Waals surface area contributed by atoms with Crippen molar-refractivity contribution >= 4 is 5.96 Å². The van der Waals surface area contributed by atoms with Crippen LogP contribution in [-0.4, -0.2) is 53.7 Å². The van der Waals surface area contributed by atoms with Crippen LogP contribution in [0.5, 0.6) is 23.0 Å². The van der Waals surface area contributed by atoms with Crippen LogP contribution in [0.2, 0.25) is 0 Å². The van der Waals surface area contributed by atoms with Crippen molar-refractivity contribution in [2.45, 2.75) is 32.5 Å². The topological polar surface area (TPSA) is 82.6 Å². The van der Waals surface area contributed by atoms with E-state index in [0.29, 0.717) is 42.9 Å². The van der Waals surface area contributed by atoms with E-state index in [4.69, 9.17) is 23.7 Å². The second-order valence-corrected chi connectivity index (χ2v) is 7.49. The molecule has 2 N–H and O–H groups in total. The molecule has 8 nitrogen and oxygen atoms in total. The zero-order chi connectivity index (χ0) is 22.9. The Morgan fingerprint density at radius 3 is 2.31 bits per heavy atom. The third-order valence-corrected chi connectivity index (χ3v) is 5.31. The molecule has 1 unspecified atom stereocenters. The standard InChI is InChI=1S/C24H33N3O5/c1-16-6-7-17(21(12-16)32-19-10-11-31-15-19)13-26-24(25-2)27-14-18-8-9-20(28-3)23(30-5)22(18)29-4/h6-9,12,19H,10-11,13-15H2,1-5H3,(H2,25,26,27). The number of nitrogens with zero attached hydrogens (tertiary/aromatic N) is 1. The molecule has 0 amide bonds. The van der Waals surface area contributed by atoms with E-state index in [-0.39, 0.29) is 6.10 Å². The molecule has 1 aliphatic heterocycles. The summed E-state index contributed by atoms with van der Waals surface area (Å²) in [6, 6.07) is 10.0. The molecule has 0 radical (unpaired) electrons. The number of ether oxygens (including phenoxy) is 5. The number of hydrogen-bond donors (Lipinski definition) is 2. The number of methoxy groups -OCH3 is 3. The van der Waals surface area contributed by atoms with Crippen molar-refractivity contribution in [1.82, 2.24) is 10.6 Å². The van der Waals surface area contributed by atoms with E-state index in [1.165, 1.54) is 0 Å². The van der Waals surface area contributed by atoms with Crippen LogP contribution in [0.25, 0.3) is 0 Å². The lowest BCUT2D eigenvalue weighted by atomic mass is 10.1. The first kappa shape index (κ1) is 23.5. The van der Waals surface area contributed by atoms with Crippen molar-refractivity contribution in [3.8, 4) is 23.0 Å². The molecule has 2 aromatic rings. The van der Waals surface area contributed by atoms with Crippen molar-refractivity contribution < 1.29 is 23.7 Å². The minimum atomic E-state index is 0.102. The second-order valence-electron chi connectivity index (χ2n) is 7.49.